The average molecular weight is 338 g/mol. The third-order valence-corrected chi connectivity index (χ3v) is 5.51. The minimum Gasteiger partial charge on any atom is -0.356 e. The zero-order chi connectivity index (χ0) is 13.3. The number of nitrogens with one attached hydrogen (secondary N) is 2. The van der Waals surface area contributed by atoms with Gasteiger partial charge in [-0.05, 0) is 76.7 Å². The summed E-state index contributed by atoms with van der Waals surface area (Å²) in [5.74, 6) is 1.35. The van der Waals surface area contributed by atoms with Crippen LogP contribution in [0.25, 0.3) is 0 Å². The maximum atomic E-state index is 12.2. The molecule has 3 fully saturated rings. The van der Waals surface area contributed by atoms with E-state index in [9.17, 15) is 4.79 Å². The molecule has 0 aromatic heterocycles. The van der Waals surface area contributed by atoms with Gasteiger partial charge in [0.2, 0.25) is 5.91 Å². The van der Waals surface area contributed by atoms with Gasteiger partial charge in [-0.2, -0.15) is 0 Å². The quantitative estimate of drug-likeness (QED) is 0.823. The fourth-order valence-corrected chi connectivity index (χ4v) is 3.83. The number of carbonyl (C=O) groups is 1. The summed E-state index contributed by atoms with van der Waals surface area (Å²) in [6.45, 7) is 5.45. The standard InChI is InChI=1S/C15H27N3O.2ClH/c1-18-8-2-12(3-9-18)11-17-14(19)13-10-15(13)4-6-16-7-5-15;;/h12-13,16H,2-11H2,1H3,(H,17,19);2*1H. The number of carbonyl (C=O) groups excluding carboxylic acids is 1. The summed E-state index contributed by atoms with van der Waals surface area (Å²) in [6.07, 6.45) is 5.99. The highest BCUT2D eigenvalue weighted by Crippen LogP contribution is 2.58. The predicted molar refractivity (Wildman–Crippen MR) is 90.4 cm³/mol. The first-order chi connectivity index (χ1) is 9.20. The minimum absolute atomic E-state index is 0. The molecule has 4 nitrogen and oxygen atoms in total. The normalized spacial score (nSPS) is 28.3. The van der Waals surface area contributed by atoms with Crippen molar-refractivity contribution in [3.63, 3.8) is 0 Å². The van der Waals surface area contributed by atoms with Crippen LogP contribution in [0.3, 0.4) is 0 Å². The molecule has 1 spiro atoms. The maximum Gasteiger partial charge on any atom is 0.223 e. The minimum atomic E-state index is 0. The van der Waals surface area contributed by atoms with Crippen molar-refractivity contribution >= 4 is 30.7 Å². The molecule has 1 saturated carbocycles. The first-order valence-corrected chi connectivity index (χ1v) is 7.87. The van der Waals surface area contributed by atoms with Crippen LogP contribution in [-0.4, -0.2) is 50.6 Å². The number of hydrogen-bond acceptors (Lipinski definition) is 3. The van der Waals surface area contributed by atoms with Crippen molar-refractivity contribution in [1.29, 1.82) is 0 Å². The van der Waals surface area contributed by atoms with Gasteiger partial charge in [-0.25, -0.2) is 0 Å². The number of likely N-dealkylation sites (tertiary alicyclic amines) is 1. The smallest absolute Gasteiger partial charge is 0.223 e. The van der Waals surface area contributed by atoms with Crippen molar-refractivity contribution in [3.8, 4) is 0 Å². The molecule has 1 atom stereocenters. The number of rotatable bonds is 3. The van der Waals surface area contributed by atoms with E-state index in [2.05, 4.69) is 22.6 Å². The zero-order valence-corrected chi connectivity index (χ0v) is 14.5. The summed E-state index contributed by atoms with van der Waals surface area (Å²) >= 11 is 0. The zero-order valence-electron chi connectivity index (χ0n) is 12.9. The molecule has 6 heteroatoms. The molecule has 3 aliphatic rings. The van der Waals surface area contributed by atoms with E-state index in [1.54, 1.807) is 0 Å². The van der Waals surface area contributed by atoms with Crippen molar-refractivity contribution in [2.45, 2.75) is 32.1 Å². The van der Waals surface area contributed by atoms with Crippen LogP contribution in [0, 0.1) is 17.3 Å². The van der Waals surface area contributed by atoms with Crippen molar-refractivity contribution in [1.82, 2.24) is 15.5 Å². The Morgan fingerprint density at radius 1 is 1.24 bits per heavy atom. The van der Waals surface area contributed by atoms with Gasteiger partial charge >= 0.3 is 0 Å². The van der Waals surface area contributed by atoms with Crippen LogP contribution in [0.15, 0.2) is 0 Å². The number of amides is 1. The van der Waals surface area contributed by atoms with Crippen LogP contribution >= 0.6 is 24.8 Å². The molecule has 2 N–H and O–H groups in total. The van der Waals surface area contributed by atoms with Crippen LogP contribution in [0.1, 0.15) is 32.1 Å². The molecule has 0 bridgehead atoms. The van der Waals surface area contributed by atoms with Crippen molar-refractivity contribution in [2.75, 3.05) is 39.8 Å². The first kappa shape index (κ1) is 19.0. The lowest BCUT2D eigenvalue weighted by molar-refractivity contribution is -0.123. The van der Waals surface area contributed by atoms with Gasteiger partial charge in [0.05, 0.1) is 0 Å². The van der Waals surface area contributed by atoms with Crippen LogP contribution < -0.4 is 10.6 Å². The van der Waals surface area contributed by atoms with E-state index in [1.165, 1.54) is 38.8 Å². The van der Waals surface area contributed by atoms with Gasteiger partial charge in [0.1, 0.15) is 0 Å². The largest absolute Gasteiger partial charge is 0.356 e. The van der Waals surface area contributed by atoms with E-state index < -0.39 is 0 Å². The summed E-state index contributed by atoms with van der Waals surface area (Å²) < 4.78 is 0. The summed E-state index contributed by atoms with van der Waals surface area (Å²) in [4.78, 5) is 14.6. The summed E-state index contributed by atoms with van der Waals surface area (Å²) in [5, 5.41) is 6.61. The topological polar surface area (TPSA) is 44.4 Å². The molecule has 2 saturated heterocycles. The summed E-state index contributed by atoms with van der Waals surface area (Å²) in [7, 11) is 2.18. The molecule has 21 heavy (non-hydrogen) atoms. The van der Waals surface area contributed by atoms with E-state index >= 15 is 0 Å². The average Bonchev–Trinajstić information content (AvgIpc) is 3.12. The van der Waals surface area contributed by atoms with E-state index in [4.69, 9.17) is 0 Å². The lowest BCUT2D eigenvalue weighted by Gasteiger charge is -2.29. The van der Waals surface area contributed by atoms with Crippen molar-refractivity contribution < 1.29 is 4.79 Å². The van der Waals surface area contributed by atoms with Gasteiger partial charge in [0.25, 0.3) is 0 Å². The molecule has 2 heterocycles. The Morgan fingerprint density at radius 3 is 2.48 bits per heavy atom. The number of hydrogen-bond donors (Lipinski definition) is 2. The van der Waals surface area contributed by atoms with Gasteiger partial charge in [0, 0.05) is 12.5 Å². The molecule has 1 aliphatic carbocycles. The molecule has 0 aromatic rings. The lowest BCUT2D eigenvalue weighted by atomic mass is 9.91. The second-order valence-corrected chi connectivity index (χ2v) is 6.86. The fraction of sp³-hybridized carbons (Fsp3) is 0.933. The monoisotopic (exact) mass is 337 g/mol. The highest BCUT2D eigenvalue weighted by Gasteiger charge is 2.57. The van der Waals surface area contributed by atoms with Gasteiger partial charge in [0.15, 0.2) is 0 Å². The lowest BCUT2D eigenvalue weighted by Crippen LogP contribution is -2.38. The molecular formula is C15H29Cl2N3O. The highest BCUT2D eigenvalue weighted by atomic mass is 35.5. The van der Waals surface area contributed by atoms with Crippen molar-refractivity contribution in [3.05, 3.63) is 0 Å². The van der Waals surface area contributed by atoms with Gasteiger partial charge in [-0.15, -0.1) is 24.8 Å². The molecule has 0 radical (unpaired) electrons. The van der Waals surface area contributed by atoms with E-state index in [-0.39, 0.29) is 24.8 Å². The second kappa shape index (κ2) is 8.00. The van der Waals surface area contributed by atoms with Crippen LogP contribution in [0.4, 0.5) is 0 Å². The fourth-order valence-electron chi connectivity index (χ4n) is 3.83. The third kappa shape index (κ3) is 4.47. The SMILES string of the molecule is CN1CCC(CNC(=O)C2CC23CCNCC3)CC1.Cl.Cl. The van der Waals surface area contributed by atoms with Gasteiger partial charge in [-0.3, -0.25) is 4.79 Å². The van der Waals surface area contributed by atoms with E-state index in [0.29, 0.717) is 23.2 Å². The molecule has 1 unspecified atom stereocenters. The number of piperidine rings is 2. The second-order valence-electron chi connectivity index (χ2n) is 6.86. The van der Waals surface area contributed by atoms with E-state index in [0.717, 1.165) is 26.1 Å². The van der Waals surface area contributed by atoms with Crippen molar-refractivity contribution in [2.24, 2.45) is 17.3 Å². The molecule has 3 rings (SSSR count). The Kier molecular flexibility index (Phi) is 7.25. The Bertz CT molecular complexity index is 340. The summed E-state index contributed by atoms with van der Waals surface area (Å²) in [5.41, 5.74) is 0.377. The maximum absolute atomic E-state index is 12.2. The third-order valence-electron chi connectivity index (χ3n) is 5.51. The molecule has 2 aliphatic heterocycles. The molecule has 1 amide bonds. The molecular weight excluding hydrogens is 309 g/mol. The van der Waals surface area contributed by atoms with E-state index in [1.807, 2.05) is 0 Å². The van der Waals surface area contributed by atoms with Crippen LogP contribution in [0.5, 0.6) is 0 Å². The van der Waals surface area contributed by atoms with Gasteiger partial charge in [-0.1, -0.05) is 0 Å². The first-order valence-electron chi connectivity index (χ1n) is 7.87. The van der Waals surface area contributed by atoms with Crippen LogP contribution in [-0.2, 0) is 4.79 Å². The Hall–Kier alpha value is -0.0300. The number of halogens is 2. The Labute approximate surface area is 140 Å². The van der Waals surface area contributed by atoms with Gasteiger partial charge < -0.3 is 15.5 Å². The molecule has 0 aromatic carbocycles. The highest BCUT2D eigenvalue weighted by molar-refractivity contribution is 5.85. The number of nitrogens with zero attached hydrogens (tertiary/aromatic N) is 1. The Morgan fingerprint density at radius 2 is 1.86 bits per heavy atom. The molecule has 124 valence electrons. The summed E-state index contributed by atoms with van der Waals surface area (Å²) in [6, 6.07) is 0. The Balaban J connectivity index is 0.00000110. The van der Waals surface area contributed by atoms with Crippen LogP contribution in [0.2, 0.25) is 0 Å². The predicted octanol–water partition coefficient (Wildman–Crippen LogP) is 1.68.